The van der Waals surface area contributed by atoms with Gasteiger partial charge in [0.05, 0.1) is 33.7 Å². The molecule has 0 unspecified atom stereocenters. The summed E-state index contributed by atoms with van der Waals surface area (Å²) in [5.41, 5.74) is 9.29. The van der Waals surface area contributed by atoms with E-state index < -0.39 is 0 Å². The number of nitriles is 1. The highest BCUT2D eigenvalue weighted by Gasteiger charge is 2.22. The van der Waals surface area contributed by atoms with Crippen LogP contribution in [0.3, 0.4) is 0 Å². The molecule has 0 aliphatic heterocycles. The van der Waals surface area contributed by atoms with Gasteiger partial charge in [-0.2, -0.15) is 5.26 Å². The largest absolute Gasteiger partial charge is 0.309 e. The summed E-state index contributed by atoms with van der Waals surface area (Å²) in [6.07, 6.45) is 0. The Hall–Kier alpha value is -7.36. The van der Waals surface area contributed by atoms with Gasteiger partial charge in [-0.1, -0.05) is 121 Å². The van der Waals surface area contributed by atoms with Crippen LogP contribution < -0.4 is 0 Å². The molecule has 3 heterocycles. The van der Waals surface area contributed by atoms with Gasteiger partial charge in [0.25, 0.3) is 0 Å². The Morgan fingerprint density at radius 3 is 1.63 bits per heavy atom. The molecule has 0 saturated carbocycles. The molecule has 0 fully saturated rings. The van der Waals surface area contributed by atoms with Crippen molar-refractivity contribution in [3.8, 4) is 51.6 Å². The first kappa shape index (κ1) is 29.5. The molecule has 0 radical (unpaired) electrons. The zero-order valence-corrected chi connectivity index (χ0v) is 27.8. The van der Waals surface area contributed by atoms with E-state index in [2.05, 4.69) is 106 Å². The molecule has 242 valence electrons. The fourth-order valence-electron chi connectivity index (χ4n) is 7.52. The summed E-state index contributed by atoms with van der Waals surface area (Å²) in [5, 5.41) is 15.3. The van der Waals surface area contributed by atoms with Crippen molar-refractivity contribution in [3.63, 3.8) is 0 Å². The highest BCUT2D eigenvalue weighted by Crippen LogP contribution is 2.42. The summed E-state index contributed by atoms with van der Waals surface area (Å²) in [6.45, 7) is 0. The number of rotatable bonds is 5. The van der Waals surface area contributed by atoms with Gasteiger partial charge in [0, 0.05) is 49.6 Å². The van der Waals surface area contributed by atoms with Crippen LogP contribution >= 0.6 is 0 Å². The third-order valence-electron chi connectivity index (χ3n) is 9.81. The van der Waals surface area contributed by atoms with Gasteiger partial charge in [-0.3, -0.25) is 0 Å². The van der Waals surface area contributed by atoms with E-state index in [4.69, 9.17) is 15.0 Å². The van der Waals surface area contributed by atoms with E-state index >= 15 is 0 Å². The monoisotopic (exact) mass is 664 g/mol. The maximum absolute atomic E-state index is 10.7. The second kappa shape index (κ2) is 11.9. The van der Waals surface area contributed by atoms with Crippen LogP contribution in [0.15, 0.2) is 170 Å². The van der Waals surface area contributed by atoms with Crippen LogP contribution in [-0.4, -0.2) is 24.1 Å². The van der Waals surface area contributed by atoms with Gasteiger partial charge < -0.3 is 9.13 Å². The summed E-state index contributed by atoms with van der Waals surface area (Å²) in [5.74, 6) is 1.56. The van der Waals surface area contributed by atoms with E-state index in [9.17, 15) is 5.26 Å². The number of aromatic nitrogens is 5. The predicted molar refractivity (Wildman–Crippen MR) is 210 cm³/mol. The average molecular weight is 665 g/mol. The highest BCUT2D eigenvalue weighted by atomic mass is 15.0. The van der Waals surface area contributed by atoms with E-state index in [1.54, 1.807) is 0 Å². The fourth-order valence-corrected chi connectivity index (χ4v) is 7.52. The average Bonchev–Trinajstić information content (AvgIpc) is 3.74. The summed E-state index contributed by atoms with van der Waals surface area (Å²) in [6, 6.07) is 60.3. The molecule has 10 rings (SSSR count). The van der Waals surface area contributed by atoms with Crippen LogP contribution in [0.25, 0.3) is 89.2 Å². The predicted octanol–water partition coefficient (Wildman–Crippen LogP) is 10.9. The molecule has 52 heavy (non-hydrogen) atoms. The molecule has 3 aromatic heterocycles. The lowest BCUT2D eigenvalue weighted by molar-refractivity contribution is 1.07. The van der Waals surface area contributed by atoms with Gasteiger partial charge in [-0.25, -0.2) is 15.0 Å². The highest BCUT2D eigenvalue weighted by molar-refractivity contribution is 6.26. The van der Waals surface area contributed by atoms with E-state index in [1.165, 1.54) is 5.39 Å². The molecule has 7 aromatic carbocycles. The van der Waals surface area contributed by atoms with Gasteiger partial charge in [0.2, 0.25) is 0 Å². The number of fused-ring (bicyclic) bond motifs is 7. The van der Waals surface area contributed by atoms with Crippen molar-refractivity contribution in [3.05, 3.63) is 175 Å². The number of hydrogen-bond donors (Lipinski definition) is 0. The Morgan fingerprint density at radius 1 is 0.423 bits per heavy atom. The molecular weight excluding hydrogens is 637 g/mol. The van der Waals surface area contributed by atoms with E-state index in [0.29, 0.717) is 28.6 Å². The normalized spacial score (nSPS) is 11.4. The quantitative estimate of drug-likeness (QED) is 0.184. The molecule has 0 saturated heterocycles. The minimum Gasteiger partial charge on any atom is -0.309 e. The van der Waals surface area contributed by atoms with Crippen molar-refractivity contribution < 1.29 is 0 Å². The van der Waals surface area contributed by atoms with Gasteiger partial charge in [-0.05, 0) is 48.5 Å². The summed E-state index contributed by atoms with van der Waals surface area (Å²) >= 11 is 0. The molecule has 0 aliphatic rings. The van der Waals surface area contributed by atoms with Gasteiger partial charge >= 0.3 is 0 Å². The third kappa shape index (κ3) is 4.61. The maximum atomic E-state index is 10.7. The molecule has 0 aliphatic carbocycles. The van der Waals surface area contributed by atoms with Crippen molar-refractivity contribution in [1.29, 1.82) is 5.26 Å². The number of nitrogens with zero attached hydrogens (tertiary/aromatic N) is 6. The first-order valence-electron chi connectivity index (χ1n) is 17.2. The second-order valence-corrected chi connectivity index (χ2v) is 12.8. The topological polar surface area (TPSA) is 72.3 Å². The van der Waals surface area contributed by atoms with E-state index in [-0.39, 0.29) is 0 Å². The summed E-state index contributed by atoms with van der Waals surface area (Å²) in [7, 11) is 0. The van der Waals surface area contributed by atoms with Crippen LogP contribution in [0.1, 0.15) is 5.56 Å². The number of hydrogen-bond acceptors (Lipinski definition) is 4. The molecule has 6 nitrogen and oxygen atoms in total. The lowest BCUT2D eigenvalue weighted by atomic mass is 10.1. The van der Waals surface area contributed by atoms with Crippen molar-refractivity contribution in [2.45, 2.75) is 0 Å². The molecule has 0 atom stereocenters. The summed E-state index contributed by atoms with van der Waals surface area (Å²) in [4.78, 5) is 14.7. The number of para-hydroxylation sites is 3. The SMILES string of the molecule is N#Cc1cc(-n2c3ccccc3c3ccc4c(c5ccccc5n4-c4ccccc4)c32)ccc1-c1nc(-c2ccccc2)nc(-c2ccccc2)n1. The summed E-state index contributed by atoms with van der Waals surface area (Å²) < 4.78 is 4.64. The van der Waals surface area contributed by atoms with Crippen molar-refractivity contribution in [2.75, 3.05) is 0 Å². The zero-order chi connectivity index (χ0) is 34.6. The van der Waals surface area contributed by atoms with Gasteiger partial charge in [-0.15, -0.1) is 0 Å². The molecule has 0 spiro atoms. The van der Waals surface area contributed by atoms with Crippen LogP contribution in [0.4, 0.5) is 0 Å². The molecular formula is C46H28N6. The Morgan fingerprint density at radius 2 is 0.981 bits per heavy atom. The third-order valence-corrected chi connectivity index (χ3v) is 9.81. The molecule has 0 N–H and O–H groups in total. The smallest absolute Gasteiger partial charge is 0.165 e. The van der Waals surface area contributed by atoms with E-state index in [0.717, 1.165) is 60.7 Å². The zero-order valence-electron chi connectivity index (χ0n) is 27.8. The first-order chi connectivity index (χ1) is 25.8. The minimum atomic E-state index is 0.450. The Kier molecular flexibility index (Phi) is 6.76. The lowest BCUT2D eigenvalue weighted by Crippen LogP contribution is -2.02. The van der Waals surface area contributed by atoms with Crippen molar-refractivity contribution in [2.24, 2.45) is 0 Å². The second-order valence-electron chi connectivity index (χ2n) is 12.8. The Bertz CT molecular complexity index is 2950. The fraction of sp³-hybridized carbons (Fsp3) is 0. The van der Waals surface area contributed by atoms with Gasteiger partial charge in [0.1, 0.15) is 0 Å². The van der Waals surface area contributed by atoms with Crippen LogP contribution in [0, 0.1) is 11.3 Å². The van der Waals surface area contributed by atoms with Crippen molar-refractivity contribution in [1.82, 2.24) is 24.1 Å². The van der Waals surface area contributed by atoms with Gasteiger partial charge in [0.15, 0.2) is 17.5 Å². The Labute approximate surface area is 299 Å². The molecule has 0 bridgehead atoms. The molecule has 0 amide bonds. The standard InChI is InChI=1S/C46H28N6/c47-29-32-28-34(24-25-35(32)46-49-44(30-14-4-1-5-15-30)48-45(50-46)31-16-6-2-7-17-31)52-39-22-12-10-20-36(39)37-26-27-41-42(43(37)52)38-21-11-13-23-40(38)51(41)33-18-8-3-9-19-33/h1-28H. The number of benzene rings is 7. The first-order valence-corrected chi connectivity index (χ1v) is 17.2. The lowest BCUT2D eigenvalue weighted by Gasteiger charge is -2.13. The van der Waals surface area contributed by atoms with Crippen molar-refractivity contribution >= 4 is 43.6 Å². The molecule has 6 heteroatoms. The van der Waals surface area contributed by atoms with Crippen LogP contribution in [-0.2, 0) is 0 Å². The Balaban J connectivity index is 1.24. The molecule has 10 aromatic rings. The van der Waals surface area contributed by atoms with Crippen LogP contribution in [0.5, 0.6) is 0 Å². The maximum Gasteiger partial charge on any atom is 0.165 e. The minimum absolute atomic E-state index is 0.450. The van der Waals surface area contributed by atoms with Crippen LogP contribution in [0.2, 0.25) is 0 Å². The van der Waals surface area contributed by atoms with E-state index in [1.807, 2.05) is 78.9 Å².